The molecule has 0 aliphatic rings. The van der Waals surface area contributed by atoms with Gasteiger partial charge >= 0.3 is 5.97 Å². The summed E-state index contributed by atoms with van der Waals surface area (Å²) in [5, 5.41) is 2.06. The van der Waals surface area contributed by atoms with E-state index in [1.165, 1.54) is 7.11 Å². The van der Waals surface area contributed by atoms with Crippen molar-refractivity contribution in [2.45, 2.75) is 0 Å². The van der Waals surface area contributed by atoms with Crippen LogP contribution in [0.25, 0.3) is 10.8 Å². The van der Waals surface area contributed by atoms with Crippen molar-refractivity contribution in [2.75, 3.05) is 13.7 Å². The number of benzene rings is 1. The van der Waals surface area contributed by atoms with Crippen LogP contribution in [0.4, 0.5) is 0 Å². The number of rotatable bonds is 3. The van der Waals surface area contributed by atoms with Gasteiger partial charge in [-0.3, -0.25) is 4.98 Å². The van der Waals surface area contributed by atoms with Crippen molar-refractivity contribution in [3.63, 3.8) is 0 Å². The Labute approximate surface area is 92.8 Å². The van der Waals surface area contributed by atoms with Gasteiger partial charge in [0.1, 0.15) is 5.75 Å². The van der Waals surface area contributed by atoms with Gasteiger partial charge in [0.2, 0.25) is 0 Å². The number of methoxy groups -OCH3 is 1. The summed E-state index contributed by atoms with van der Waals surface area (Å²) in [7, 11) is 1.33. The molecule has 0 bridgehead atoms. The molecule has 4 heteroatoms. The zero-order valence-corrected chi connectivity index (χ0v) is 8.84. The monoisotopic (exact) mass is 217 g/mol. The van der Waals surface area contributed by atoms with E-state index >= 15 is 0 Å². The number of esters is 1. The first-order chi connectivity index (χ1) is 7.79. The molecule has 0 N–H and O–H groups in total. The summed E-state index contributed by atoms with van der Waals surface area (Å²) >= 11 is 0. The summed E-state index contributed by atoms with van der Waals surface area (Å²) in [5.41, 5.74) is 0. The van der Waals surface area contributed by atoms with Crippen LogP contribution < -0.4 is 4.74 Å². The van der Waals surface area contributed by atoms with Crippen molar-refractivity contribution >= 4 is 16.7 Å². The zero-order chi connectivity index (χ0) is 11.4. The van der Waals surface area contributed by atoms with Crippen LogP contribution in [-0.2, 0) is 9.53 Å². The maximum Gasteiger partial charge on any atom is 0.343 e. The normalized spacial score (nSPS) is 10.1. The Morgan fingerprint density at radius 2 is 2.19 bits per heavy atom. The largest absolute Gasteiger partial charge is 0.482 e. The van der Waals surface area contributed by atoms with E-state index in [0.29, 0.717) is 5.75 Å². The van der Waals surface area contributed by atoms with Crippen LogP contribution >= 0.6 is 0 Å². The lowest BCUT2D eigenvalue weighted by atomic mass is 10.2. The molecule has 1 heterocycles. The summed E-state index contributed by atoms with van der Waals surface area (Å²) in [6.07, 6.45) is 3.48. The smallest absolute Gasteiger partial charge is 0.343 e. The topological polar surface area (TPSA) is 48.4 Å². The Hall–Kier alpha value is -2.10. The van der Waals surface area contributed by atoms with E-state index < -0.39 is 5.97 Å². The molecule has 0 aliphatic heterocycles. The van der Waals surface area contributed by atoms with E-state index in [1.807, 2.05) is 24.3 Å². The van der Waals surface area contributed by atoms with Crippen molar-refractivity contribution in [2.24, 2.45) is 0 Å². The predicted molar refractivity (Wildman–Crippen MR) is 59.3 cm³/mol. The van der Waals surface area contributed by atoms with Gasteiger partial charge < -0.3 is 9.47 Å². The van der Waals surface area contributed by atoms with Crippen LogP contribution in [0.1, 0.15) is 0 Å². The molecule has 1 aromatic heterocycles. The number of carbonyl (C=O) groups is 1. The summed E-state index contributed by atoms with van der Waals surface area (Å²) < 4.78 is 9.75. The van der Waals surface area contributed by atoms with Gasteiger partial charge in [-0.2, -0.15) is 0 Å². The zero-order valence-electron chi connectivity index (χ0n) is 8.84. The second-order valence-electron chi connectivity index (χ2n) is 3.25. The lowest BCUT2D eigenvalue weighted by Crippen LogP contribution is -2.12. The van der Waals surface area contributed by atoms with E-state index in [1.54, 1.807) is 12.4 Å². The molecular weight excluding hydrogens is 206 g/mol. The summed E-state index contributed by atoms with van der Waals surface area (Å²) in [6, 6.07) is 7.49. The maximum absolute atomic E-state index is 10.9. The number of fused-ring (bicyclic) bond motifs is 1. The molecule has 0 spiro atoms. The molecule has 0 fully saturated rings. The number of nitrogens with zero attached hydrogens (tertiary/aromatic N) is 1. The SMILES string of the molecule is COC(=O)COc1ccc2ccncc2c1. The Morgan fingerprint density at radius 1 is 1.31 bits per heavy atom. The Morgan fingerprint density at radius 3 is 3.00 bits per heavy atom. The van der Waals surface area contributed by atoms with Gasteiger partial charge in [-0.05, 0) is 23.6 Å². The number of pyridine rings is 1. The van der Waals surface area contributed by atoms with Crippen LogP contribution in [0.3, 0.4) is 0 Å². The molecular formula is C12H11NO3. The highest BCUT2D eigenvalue weighted by molar-refractivity contribution is 5.82. The van der Waals surface area contributed by atoms with Gasteiger partial charge in [0, 0.05) is 17.8 Å². The van der Waals surface area contributed by atoms with Gasteiger partial charge in [-0.25, -0.2) is 4.79 Å². The summed E-state index contributed by atoms with van der Waals surface area (Å²) in [6.45, 7) is -0.0811. The van der Waals surface area contributed by atoms with Crippen LogP contribution in [0.5, 0.6) is 5.75 Å². The lowest BCUT2D eigenvalue weighted by molar-refractivity contribution is -0.142. The highest BCUT2D eigenvalue weighted by Crippen LogP contribution is 2.19. The van der Waals surface area contributed by atoms with E-state index in [-0.39, 0.29) is 6.61 Å². The van der Waals surface area contributed by atoms with Crippen molar-refractivity contribution in [1.29, 1.82) is 0 Å². The molecule has 0 amide bonds. The van der Waals surface area contributed by atoms with E-state index in [0.717, 1.165) is 10.8 Å². The minimum absolute atomic E-state index is 0.0811. The third kappa shape index (κ3) is 2.28. The number of hydrogen-bond acceptors (Lipinski definition) is 4. The van der Waals surface area contributed by atoms with Gasteiger partial charge in [-0.1, -0.05) is 6.07 Å². The molecule has 2 rings (SSSR count). The average molecular weight is 217 g/mol. The van der Waals surface area contributed by atoms with Crippen molar-refractivity contribution in [3.8, 4) is 5.75 Å². The van der Waals surface area contributed by atoms with E-state index in [4.69, 9.17) is 4.74 Å². The van der Waals surface area contributed by atoms with Gasteiger partial charge in [0.25, 0.3) is 0 Å². The summed E-state index contributed by atoms with van der Waals surface area (Å²) in [4.78, 5) is 14.9. The number of aromatic nitrogens is 1. The van der Waals surface area contributed by atoms with Crippen LogP contribution in [-0.4, -0.2) is 24.7 Å². The number of ether oxygens (including phenoxy) is 2. The fourth-order valence-electron chi connectivity index (χ4n) is 1.35. The molecule has 82 valence electrons. The minimum atomic E-state index is -0.397. The van der Waals surface area contributed by atoms with Gasteiger partial charge in [0.05, 0.1) is 7.11 Å². The van der Waals surface area contributed by atoms with Crippen molar-refractivity contribution in [3.05, 3.63) is 36.7 Å². The number of carbonyl (C=O) groups excluding carboxylic acids is 1. The van der Waals surface area contributed by atoms with Crippen LogP contribution in [0, 0.1) is 0 Å². The third-order valence-electron chi connectivity index (χ3n) is 2.20. The first-order valence-corrected chi connectivity index (χ1v) is 4.83. The van der Waals surface area contributed by atoms with Crippen LogP contribution in [0.2, 0.25) is 0 Å². The molecule has 0 radical (unpaired) electrons. The molecule has 0 saturated carbocycles. The molecule has 16 heavy (non-hydrogen) atoms. The quantitative estimate of drug-likeness (QED) is 0.735. The number of hydrogen-bond donors (Lipinski definition) is 0. The Bertz CT molecular complexity index is 510. The summed E-state index contributed by atoms with van der Waals surface area (Å²) in [5.74, 6) is 0.234. The standard InChI is InChI=1S/C12H11NO3/c1-15-12(14)8-16-11-3-2-9-4-5-13-7-10(9)6-11/h2-7H,8H2,1H3. The van der Waals surface area contributed by atoms with Crippen molar-refractivity contribution in [1.82, 2.24) is 4.98 Å². The van der Waals surface area contributed by atoms with Gasteiger partial charge in [-0.15, -0.1) is 0 Å². The second kappa shape index (κ2) is 4.61. The Kier molecular flexibility index (Phi) is 3.00. The minimum Gasteiger partial charge on any atom is -0.482 e. The maximum atomic E-state index is 10.9. The van der Waals surface area contributed by atoms with Crippen LogP contribution in [0.15, 0.2) is 36.7 Å². The molecule has 2 aromatic rings. The first-order valence-electron chi connectivity index (χ1n) is 4.83. The average Bonchev–Trinajstić information content (AvgIpc) is 2.35. The molecule has 0 aliphatic carbocycles. The van der Waals surface area contributed by atoms with E-state index in [9.17, 15) is 4.79 Å². The highest BCUT2D eigenvalue weighted by atomic mass is 16.6. The van der Waals surface area contributed by atoms with E-state index in [2.05, 4.69) is 9.72 Å². The fraction of sp³-hybridized carbons (Fsp3) is 0.167. The molecule has 0 atom stereocenters. The predicted octanol–water partition coefficient (Wildman–Crippen LogP) is 1.79. The lowest BCUT2D eigenvalue weighted by Gasteiger charge is -2.05. The highest BCUT2D eigenvalue weighted by Gasteiger charge is 2.02. The Balaban J connectivity index is 2.16. The molecule has 0 unspecified atom stereocenters. The third-order valence-corrected chi connectivity index (χ3v) is 2.20. The second-order valence-corrected chi connectivity index (χ2v) is 3.25. The molecule has 0 saturated heterocycles. The van der Waals surface area contributed by atoms with Gasteiger partial charge in [0.15, 0.2) is 6.61 Å². The molecule has 1 aromatic carbocycles. The molecule has 4 nitrogen and oxygen atoms in total. The first kappa shape index (κ1) is 10.4. The van der Waals surface area contributed by atoms with Crippen molar-refractivity contribution < 1.29 is 14.3 Å². The fourth-order valence-corrected chi connectivity index (χ4v) is 1.35.